The van der Waals surface area contributed by atoms with Crippen molar-refractivity contribution in [2.75, 3.05) is 18.6 Å². The third-order valence-corrected chi connectivity index (χ3v) is 3.17. The lowest BCUT2D eigenvalue weighted by Crippen LogP contribution is -2.18. The molecule has 0 amide bonds. The monoisotopic (exact) mass is 358 g/mol. The fourth-order valence-corrected chi connectivity index (χ4v) is 2.06. The van der Waals surface area contributed by atoms with Crippen molar-refractivity contribution in [1.82, 2.24) is 9.97 Å². The summed E-state index contributed by atoms with van der Waals surface area (Å²) < 4.78 is 52.4. The van der Waals surface area contributed by atoms with Gasteiger partial charge in [0, 0.05) is 11.6 Å². The average molecular weight is 358 g/mol. The van der Waals surface area contributed by atoms with Gasteiger partial charge in [-0.15, -0.1) is 13.2 Å². The minimum atomic E-state index is -4.88. The molecule has 10 heteroatoms. The van der Waals surface area contributed by atoms with Crippen molar-refractivity contribution >= 4 is 11.8 Å². The van der Waals surface area contributed by atoms with Gasteiger partial charge in [-0.25, -0.2) is 4.98 Å². The fourth-order valence-electron chi connectivity index (χ4n) is 2.06. The molecule has 1 heterocycles. The van der Waals surface area contributed by atoms with Crippen molar-refractivity contribution < 1.29 is 27.4 Å². The molecule has 0 saturated carbocycles. The number of nitrogens with zero attached hydrogens (tertiary/aromatic N) is 2. The third kappa shape index (κ3) is 4.55. The van der Waals surface area contributed by atoms with Crippen molar-refractivity contribution in [3.05, 3.63) is 23.9 Å². The first-order valence-corrected chi connectivity index (χ1v) is 7.14. The van der Waals surface area contributed by atoms with E-state index < -0.39 is 12.1 Å². The van der Waals surface area contributed by atoms with Gasteiger partial charge in [-0.2, -0.15) is 4.98 Å². The van der Waals surface area contributed by atoms with E-state index in [4.69, 9.17) is 20.9 Å². The second kappa shape index (κ2) is 6.91. The predicted octanol–water partition coefficient (Wildman–Crippen LogP) is 3.46. The molecule has 0 unspecified atom stereocenters. The number of benzene rings is 1. The Kier molecular flexibility index (Phi) is 5.10. The maximum absolute atomic E-state index is 12.6. The Hall–Kier alpha value is -2.91. The molecular weight excluding hydrogens is 341 g/mol. The lowest BCUT2D eigenvalue weighted by Gasteiger charge is -2.19. The Morgan fingerprint density at radius 3 is 2.24 bits per heavy atom. The molecule has 0 bridgehead atoms. The number of anilines is 2. The van der Waals surface area contributed by atoms with Gasteiger partial charge in [0.15, 0.2) is 23.1 Å². The van der Waals surface area contributed by atoms with Gasteiger partial charge in [-0.05, 0) is 12.0 Å². The van der Waals surface area contributed by atoms with Gasteiger partial charge in [0.25, 0.3) is 0 Å². The molecule has 0 saturated heterocycles. The second-order valence-electron chi connectivity index (χ2n) is 5.32. The molecule has 0 aliphatic rings. The highest BCUT2D eigenvalue weighted by Crippen LogP contribution is 2.42. The lowest BCUT2D eigenvalue weighted by atomic mass is 10.0. The zero-order valence-corrected chi connectivity index (χ0v) is 13.7. The summed E-state index contributed by atoms with van der Waals surface area (Å²) in [4.78, 5) is 7.50. The number of ether oxygens (including phenoxy) is 3. The Balaban J connectivity index is 2.51. The third-order valence-electron chi connectivity index (χ3n) is 3.17. The highest BCUT2D eigenvalue weighted by atomic mass is 19.4. The molecule has 2 aromatic rings. The molecule has 0 aliphatic carbocycles. The molecule has 4 N–H and O–H groups in total. The number of hydrogen-bond donors (Lipinski definition) is 2. The van der Waals surface area contributed by atoms with Crippen LogP contribution in [-0.4, -0.2) is 23.4 Å². The molecule has 2 rings (SSSR count). The van der Waals surface area contributed by atoms with Crippen LogP contribution in [0.25, 0.3) is 0 Å². The smallest absolute Gasteiger partial charge is 0.493 e. The van der Waals surface area contributed by atoms with E-state index in [9.17, 15) is 13.2 Å². The second-order valence-corrected chi connectivity index (χ2v) is 5.32. The summed E-state index contributed by atoms with van der Waals surface area (Å²) in [6, 6.07) is 2.49. The molecule has 1 aromatic carbocycles. The summed E-state index contributed by atoms with van der Waals surface area (Å²) in [5.41, 5.74) is 11.7. The first-order chi connectivity index (χ1) is 11.6. The minimum Gasteiger partial charge on any atom is -0.493 e. The quantitative estimate of drug-likeness (QED) is 0.843. The summed E-state index contributed by atoms with van der Waals surface area (Å²) in [5.74, 6) is -0.630. The molecule has 0 radical (unpaired) electrons. The van der Waals surface area contributed by atoms with Crippen LogP contribution in [0.5, 0.6) is 23.0 Å². The van der Waals surface area contributed by atoms with Gasteiger partial charge in [0.1, 0.15) is 5.75 Å². The van der Waals surface area contributed by atoms with Crippen molar-refractivity contribution in [2.24, 2.45) is 0 Å². The maximum atomic E-state index is 12.6. The van der Waals surface area contributed by atoms with Gasteiger partial charge < -0.3 is 25.7 Å². The van der Waals surface area contributed by atoms with Crippen molar-refractivity contribution in [2.45, 2.75) is 26.1 Å². The highest BCUT2D eigenvalue weighted by molar-refractivity contribution is 5.55. The van der Waals surface area contributed by atoms with Gasteiger partial charge in [0.2, 0.25) is 5.95 Å². The molecule has 0 aliphatic heterocycles. The van der Waals surface area contributed by atoms with Crippen LogP contribution in [0.4, 0.5) is 24.9 Å². The number of methoxy groups -OCH3 is 1. The van der Waals surface area contributed by atoms with Crippen LogP contribution in [0, 0.1) is 0 Å². The molecule has 0 spiro atoms. The lowest BCUT2D eigenvalue weighted by molar-refractivity contribution is -0.275. The summed E-state index contributed by atoms with van der Waals surface area (Å²) >= 11 is 0. The average Bonchev–Trinajstić information content (AvgIpc) is 2.48. The van der Waals surface area contributed by atoms with Crippen LogP contribution < -0.4 is 25.7 Å². The fraction of sp³-hybridized carbons (Fsp3) is 0.333. The van der Waals surface area contributed by atoms with Crippen LogP contribution in [0.2, 0.25) is 0 Å². The molecule has 1 aromatic heterocycles. The van der Waals surface area contributed by atoms with Crippen molar-refractivity contribution in [3.8, 4) is 23.0 Å². The van der Waals surface area contributed by atoms with Gasteiger partial charge in [0.05, 0.1) is 13.3 Å². The van der Waals surface area contributed by atoms with Crippen molar-refractivity contribution in [3.63, 3.8) is 0 Å². The molecule has 25 heavy (non-hydrogen) atoms. The molecule has 7 nitrogen and oxygen atoms in total. The van der Waals surface area contributed by atoms with E-state index in [-0.39, 0.29) is 34.9 Å². The first-order valence-electron chi connectivity index (χ1n) is 7.14. The van der Waals surface area contributed by atoms with Crippen LogP contribution in [0.1, 0.15) is 25.3 Å². The Labute approximate surface area is 141 Å². The Morgan fingerprint density at radius 2 is 1.72 bits per heavy atom. The number of rotatable bonds is 5. The Morgan fingerprint density at radius 1 is 1.04 bits per heavy atom. The van der Waals surface area contributed by atoms with E-state index >= 15 is 0 Å². The largest absolute Gasteiger partial charge is 0.573 e. The predicted molar refractivity (Wildman–Crippen MR) is 84.7 cm³/mol. The summed E-state index contributed by atoms with van der Waals surface area (Å²) in [6.45, 7) is 3.68. The van der Waals surface area contributed by atoms with E-state index in [2.05, 4.69) is 14.7 Å². The standard InChI is InChI=1S/C15H17F3N4O3/c1-7(2)8-4-10(23-3)11(25-15(16,17)18)5-9(8)24-12-6-21-14(20)22-13(12)19/h4-7H,1-3H3,(H4,19,20,21,22). The topological polar surface area (TPSA) is 106 Å². The molecule has 0 fully saturated rings. The van der Waals surface area contributed by atoms with Crippen molar-refractivity contribution in [1.29, 1.82) is 0 Å². The highest BCUT2D eigenvalue weighted by Gasteiger charge is 2.33. The number of halogens is 3. The SMILES string of the molecule is COc1cc(C(C)C)c(Oc2cnc(N)nc2N)cc1OC(F)(F)F. The zero-order chi connectivity index (χ0) is 18.8. The number of nitrogen functional groups attached to an aromatic ring is 2. The van der Waals surface area contributed by atoms with Crippen LogP contribution in [0.15, 0.2) is 18.3 Å². The molecule has 0 atom stereocenters. The van der Waals surface area contributed by atoms with Gasteiger partial charge in [-0.3, -0.25) is 0 Å². The van der Waals surface area contributed by atoms with Gasteiger partial charge >= 0.3 is 6.36 Å². The van der Waals surface area contributed by atoms with Crippen LogP contribution >= 0.6 is 0 Å². The minimum absolute atomic E-state index is 0.0451. The van der Waals surface area contributed by atoms with E-state index in [1.165, 1.54) is 19.4 Å². The summed E-state index contributed by atoms with van der Waals surface area (Å²) in [7, 11) is 1.25. The van der Waals surface area contributed by atoms with E-state index in [0.29, 0.717) is 5.56 Å². The van der Waals surface area contributed by atoms with E-state index in [1.54, 1.807) is 0 Å². The van der Waals surface area contributed by atoms with Crippen LogP contribution in [-0.2, 0) is 0 Å². The van der Waals surface area contributed by atoms with E-state index in [0.717, 1.165) is 6.07 Å². The summed E-state index contributed by atoms with van der Waals surface area (Å²) in [6.07, 6.45) is -3.65. The number of aromatic nitrogens is 2. The maximum Gasteiger partial charge on any atom is 0.573 e. The number of alkyl halides is 3. The zero-order valence-electron chi connectivity index (χ0n) is 13.7. The number of nitrogens with two attached hydrogens (primary N) is 2. The number of hydrogen-bond acceptors (Lipinski definition) is 7. The van der Waals surface area contributed by atoms with Crippen LogP contribution in [0.3, 0.4) is 0 Å². The Bertz CT molecular complexity index is 766. The molecular formula is C15H17F3N4O3. The summed E-state index contributed by atoms with van der Waals surface area (Å²) in [5, 5.41) is 0. The normalized spacial score (nSPS) is 11.5. The van der Waals surface area contributed by atoms with E-state index in [1.807, 2.05) is 13.8 Å². The van der Waals surface area contributed by atoms with Gasteiger partial charge in [-0.1, -0.05) is 13.8 Å². The first kappa shape index (κ1) is 18.4. The molecule has 136 valence electrons.